The van der Waals surface area contributed by atoms with Crippen LogP contribution in [0, 0.1) is 5.82 Å². The summed E-state index contributed by atoms with van der Waals surface area (Å²) in [7, 11) is 0. The number of nitrogens with one attached hydrogen (secondary N) is 4. The van der Waals surface area contributed by atoms with E-state index in [1.54, 1.807) is 6.07 Å². The van der Waals surface area contributed by atoms with Crippen molar-refractivity contribution in [3.63, 3.8) is 0 Å². The predicted molar refractivity (Wildman–Crippen MR) is 89.7 cm³/mol. The predicted octanol–water partition coefficient (Wildman–Crippen LogP) is 0.744. The largest absolute Gasteiger partial charge is 0.352 e. The molecule has 7 nitrogen and oxygen atoms in total. The molecule has 0 spiro atoms. The Kier molecular flexibility index (Phi) is 5.39. The van der Waals surface area contributed by atoms with Crippen molar-refractivity contribution in [1.82, 2.24) is 26.1 Å². The number of H-pyrrole nitrogens is 1. The van der Waals surface area contributed by atoms with Crippen LogP contribution in [0.5, 0.6) is 0 Å². The number of nitrogens with zero attached hydrogens (tertiary/aromatic N) is 1. The SMILES string of the molecule is O=C(NCCCNC(=O)c1n[nH]c2c1CNCC2)c1cccc(F)c1. The van der Waals surface area contributed by atoms with Crippen LogP contribution in [0.3, 0.4) is 0 Å². The Balaban J connectivity index is 1.40. The van der Waals surface area contributed by atoms with Crippen molar-refractivity contribution in [3.8, 4) is 0 Å². The number of carbonyl (C=O) groups is 2. The molecule has 1 aliphatic rings. The minimum Gasteiger partial charge on any atom is -0.352 e. The molecule has 4 N–H and O–H groups in total. The summed E-state index contributed by atoms with van der Waals surface area (Å²) in [6, 6.07) is 5.51. The fourth-order valence-electron chi connectivity index (χ4n) is 2.72. The first-order valence-corrected chi connectivity index (χ1v) is 8.24. The summed E-state index contributed by atoms with van der Waals surface area (Å²) in [6.07, 6.45) is 1.40. The molecule has 0 unspecified atom stereocenters. The summed E-state index contributed by atoms with van der Waals surface area (Å²) in [5.41, 5.74) is 2.63. The molecule has 0 bridgehead atoms. The Hall–Kier alpha value is -2.74. The van der Waals surface area contributed by atoms with Gasteiger partial charge in [-0.1, -0.05) is 6.07 Å². The van der Waals surface area contributed by atoms with Crippen LogP contribution >= 0.6 is 0 Å². The normalized spacial score (nSPS) is 13.2. The van der Waals surface area contributed by atoms with Gasteiger partial charge in [-0.05, 0) is 24.6 Å². The summed E-state index contributed by atoms with van der Waals surface area (Å²) in [5, 5.41) is 15.7. The Bertz CT molecular complexity index is 774. The zero-order valence-electron chi connectivity index (χ0n) is 13.7. The van der Waals surface area contributed by atoms with E-state index >= 15 is 0 Å². The number of fused-ring (bicyclic) bond motifs is 1. The second-order valence-corrected chi connectivity index (χ2v) is 5.83. The Morgan fingerprint density at radius 3 is 2.80 bits per heavy atom. The highest BCUT2D eigenvalue weighted by atomic mass is 19.1. The molecule has 1 aromatic carbocycles. The van der Waals surface area contributed by atoms with E-state index in [2.05, 4.69) is 26.1 Å². The highest BCUT2D eigenvalue weighted by Crippen LogP contribution is 2.14. The van der Waals surface area contributed by atoms with Gasteiger partial charge in [0.15, 0.2) is 5.69 Å². The molecule has 2 amide bonds. The standard InChI is InChI=1S/C17H20FN5O2/c18-12-4-1-3-11(9-12)16(24)20-6-2-7-21-17(25)15-13-10-19-8-5-14(13)22-23-15/h1,3-4,9,19H,2,5-8,10H2,(H,20,24)(H,21,25)(H,22,23). The van der Waals surface area contributed by atoms with Crippen LogP contribution in [0.4, 0.5) is 4.39 Å². The van der Waals surface area contributed by atoms with Gasteiger partial charge >= 0.3 is 0 Å². The molecule has 3 rings (SSSR count). The van der Waals surface area contributed by atoms with Gasteiger partial charge in [-0.2, -0.15) is 5.10 Å². The molecule has 132 valence electrons. The van der Waals surface area contributed by atoms with Crippen LogP contribution in [0.2, 0.25) is 0 Å². The third kappa shape index (κ3) is 4.21. The maximum absolute atomic E-state index is 13.1. The number of carbonyl (C=O) groups excluding carboxylic acids is 2. The number of halogens is 1. The second kappa shape index (κ2) is 7.89. The summed E-state index contributed by atoms with van der Waals surface area (Å²) < 4.78 is 13.1. The number of benzene rings is 1. The monoisotopic (exact) mass is 345 g/mol. The molecule has 2 aromatic rings. The number of rotatable bonds is 6. The number of amides is 2. The van der Waals surface area contributed by atoms with Crippen LogP contribution in [0.1, 0.15) is 38.5 Å². The average molecular weight is 345 g/mol. The number of aromatic nitrogens is 2. The lowest BCUT2D eigenvalue weighted by molar-refractivity contribution is 0.0946. The lowest BCUT2D eigenvalue weighted by Gasteiger charge is -2.12. The van der Waals surface area contributed by atoms with E-state index in [-0.39, 0.29) is 17.4 Å². The third-order valence-electron chi connectivity index (χ3n) is 4.03. The van der Waals surface area contributed by atoms with E-state index in [9.17, 15) is 14.0 Å². The summed E-state index contributed by atoms with van der Waals surface area (Å²) in [6.45, 7) is 2.31. The van der Waals surface area contributed by atoms with E-state index in [0.717, 1.165) is 24.2 Å². The molecule has 25 heavy (non-hydrogen) atoms. The quantitative estimate of drug-likeness (QED) is 0.581. The van der Waals surface area contributed by atoms with Crippen molar-refractivity contribution in [3.05, 3.63) is 52.6 Å². The van der Waals surface area contributed by atoms with Gasteiger partial charge in [0.1, 0.15) is 5.82 Å². The first-order valence-electron chi connectivity index (χ1n) is 8.24. The van der Waals surface area contributed by atoms with Gasteiger partial charge in [-0.25, -0.2) is 4.39 Å². The van der Waals surface area contributed by atoms with Gasteiger partial charge in [0, 0.05) is 49.4 Å². The minimum atomic E-state index is -0.447. The first-order chi connectivity index (χ1) is 12.1. The number of hydrogen-bond acceptors (Lipinski definition) is 4. The van der Waals surface area contributed by atoms with Crippen molar-refractivity contribution < 1.29 is 14.0 Å². The van der Waals surface area contributed by atoms with Crippen molar-refractivity contribution >= 4 is 11.8 Å². The van der Waals surface area contributed by atoms with E-state index in [4.69, 9.17) is 0 Å². The highest BCUT2D eigenvalue weighted by Gasteiger charge is 2.21. The smallest absolute Gasteiger partial charge is 0.272 e. The van der Waals surface area contributed by atoms with Gasteiger partial charge in [-0.15, -0.1) is 0 Å². The molecular weight excluding hydrogens is 325 g/mol. The lowest BCUT2D eigenvalue weighted by atomic mass is 10.1. The molecule has 8 heteroatoms. The maximum atomic E-state index is 13.1. The molecule has 0 fully saturated rings. The van der Waals surface area contributed by atoms with Crippen LogP contribution in [0.25, 0.3) is 0 Å². The molecule has 0 saturated heterocycles. The summed E-state index contributed by atoms with van der Waals surface area (Å²) in [4.78, 5) is 24.0. The average Bonchev–Trinajstić information content (AvgIpc) is 3.05. The van der Waals surface area contributed by atoms with Gasteiger partial charge < -0.3 is 16.0 Å². The zero-order chi connectivity index (χ0) is 17.6. The van der Waals surface area contributed by atoms with Gasteiger partial charge in [0.25, 0.3) is 11.8 Å². The van der Waals surface area contributed by atoms with E-state index in [1.807, 2.05) is 0 Å². The van der Waals surface area contributed by atoms with Gasteiger partial charge in [-0.3, -0.25) is 14.7 Å². The molecule has 0 saturated carbocycles. The molecule has 0 aliphatic carbocycles. The molecule has 1 aliphatic heterocycles. The Labute approximate surface area is 144 Å². The topological polar surface area (TPSA) is 98.9 Å². The van der Waals surface area contributed by atoms with Crippen molar-refractivity contribution in [2.75, 3.05) is 19.6 Å². The first kappa shape index (κ1) is 17.1. The number of hydrogen-bond donors (Lipinski definition) is 4. The third-order valence-corrected chi connectivity index (χ3v) is 4.03. The summed E-state index contributed by atoms with van der Waals surface area (Å²) in [5.74, 6) is -1.01. The lowest BCUT2D eigenvalue weighted by Crippen LogP contribution is -2.31. The van der Waals surface area contributed by atoms with Crippen molar-refractivity contribution in [2.24, 2.45) is 0 Å². The fraction of sp³-hybridized carbons (Fsp3) is 0.353. The molecule has 1 aromatic heterocycles. The van der Waals surface area contributed by atoms with E-state index < -0.39 is 5.82 Å². The number of aromatic amines is 1. The Morgan fingerprint density at radius 2 is 2.00 bits per heavy atom. The van der Waals surface area contributed by atoms with Crippen LogP contribution in [-0.2, 0) is 13.0 Å². The highest BCUT2D eigenvalue weighted by molar-refractivity contribution is 5.94. The van der Waals surface area contributed by atoms with E-state index in [0.29, 0.717) is 31.7 Å². The van der Waals surface area contributed by atoms with Crippen LogP contribution < -0.4 is 16.0 Å². The van der Waals surface area contributed by atoms with E-state index in [1.165, 1.54) is 18.2 Å². The van der Waals surface area contributed by atoms with Crippen molar-refractivity contribution in [1.29, 1.82) is 0 Å². The second-order valence-electron chi connectivity index (χ2n) is 5.83. The molecular formula is C17H20FN5O2. The maximum Gasteiger partial charge on any atom is 0.272 e. The molecule has 2 heterocycles. The Morgan fingerprint density at radius 1 is 1.20 bits per heavy atom. The van der Waals surface area contributed by atoms with Crippen LogP contribution in [0.15, 0.2) is 24.3 Å². The van der Waals surface area contributed by atoms with Crippen LogP contribution in [-0.4, -0.2) is 41.6 Å². The molecule has 0 atom stereocenters. The minimum absolute atomic E-state index is 0.224. The fourth-order valence-corrected chi connectivity index (χ4v) is 2.72. The van der Waals surface area contributed by atoms with Gasteiger partial charge in [0.05, 0.1) is 0 Å². The van der Waals surface area contributed by atoms with Gasteiger partial charge in [0.2, 0.25) is 0 Å². The van der Waals surface area contributed by atoms with Crippen molar-refractivity contribution in [2.45, 2.75) is 19.4 Å². The summed E-state index contributed by atoms with van der Waals surface area (Å²) >= 11 is 0. The zero-order valence-corrected chi connectivity index (χ0v) is 13.7. The molecule has 0 radical (unpaired) electrons.